The maximum absolute atomic E-state index is 5.69. The van der Waals surface area contributed by atoms with Crippen LogP contribution in [0.5, 0.6) is 0 Å². The lowest BCUT2D eigenvalue weighted by molar-refractivity contribution is -0.00474. The van der Waals surface area contributed by atoms with Crippen LogP contribution < -0.4 is 5.32 Å². The van der Waals surface area contributed by atoms with E-state index < -0.39 is 0 Å². The first-order valence-electron chi connectivity index (χ1n) is 6.27. The van der Waals surface area contributed by atoms with Crippen molar-refractivity contribution in [1.29, 1.82) is 0 Å². The van der Waals surface area contributed by atoms with Gasteiger partial charge in [-0.25, -0.2) is 0 Å². The van der Waals surface area contributed by atoms with E-state index in [2.05, 4.69) is 30.0 Å². The number of likely N-dealkylation sites (tertiary alicyclic amines) is 1. The largest absolute Gasteiger partial charge is 0.377 e. The standard InChI is InChI=1S/C13H24N2O/c1-4-8-14-10-12(3)15-9-6-7-13(11-15)16-5-2/h1,12-14H,5-11H2,2-3H3. The Balaban J connectivity index is 2.26. The van der Waals surface area contributed by atoms with Crippen molar-refractivity contribution < 1.29 is 4.74 Å². The number of hydrogen-bond donors (Lipinski definition) is 1. The van der Waals surface area contributed by atoms with Crippen molar-refractivity contribution in [3.63, 3.8) is 0 Å². The van der Waals surface area contributed by atoms with Crippen molar-refractivity contribution in [2.24, 2.45) is 0 Å². The Bertz CT molecular complexity index is 222. The second-order valence-corrected chi connectivity index (χ2v) is 4.40. The highest BCUT2D eigenvalue weighted by atomic mass is 16.5. The van der Waals surface area contributed by atoms with Crippen molar-refractivity contribution >= 4 is 0 Å². The van der Waals surface area contributed by atoms with Crippen molar-refractivity contribution in [1.82, 2.24) is 10.2 Å². The number of terminal acetylenes is 1. The Morgan fingerprint density at radius 3 is 3.12 bits per heavy atom. The summed E-state index contributed by atoms with van der Waals surface area (Å²) in [4.78, 5) is 2.49. The monoisotopic (exact) mass is 224 g/mol. The fourth-order valence-corrected chi connectivity index (χ4v) is 2.22. The first-order valence-corrected chi connectivity index (χ1v) is 6.27. The molecule has 3 nitrogen and oxygen atoms in total. The molecule has 0 aliphatic carbocycles. The van der Waals surface area contributed by atoms with Crippen LogP contribution in [0.25, 0.3) is 0 Å². The van der Waals surface area contributed by atoms with Crippen LogP contribution >= 0.6 is 0 Å². The minimum absolute atomic E-state index is 0.425. The summed E-state index contributed by atoms with van der Waals surface area (Å²) in [6.07, 6.45) is 8.08. The van der Waals surface area contributed by atoms with Gasteiger partial charge in [-0.05, 0) is 33.2 Å². The lowest BCUT2D eigenvalue weighted by Gasteiger charge is -2.36. The number of nitrogens with one attached hydrogen (secondary N) is 1. The Morgan fingerprint density at radius 1 is 1.62 bits per heavy atom. The topological polar surface area (TPSA) is 24.5 Å². The predicted octanol–water partition coefficient (Wildman–Crippen LogP) is 1.10. The smallest absolute Gasteiger partial charge is 0.0702 e. The minimum atomic E-state index is 0.425. The van der Waals surface area contributed by atoms with E-state index in [4.69, 9.17) is 11.2 Å². The summed E-state index contributed by atoms with van der Waals surface area (Å²) >= 11 is 0. The minimum Gasteiger partial charge on any atom is -0.377 e. The molecule has 1 fully saturated rings. The van der Waals surface area contributed by atoms with Crippen molar-refractivity contribution in [2.45, 2.75) is 38.8 Å². The molecule has 1 aliphatic rings. The summed E-state index contributed by atoms with van der Waals surface area (Å²) in [6, 6.07) is 0.539. The van der Waals surface area contributed by atoms with E-state index >= 15 is 0 Å². The molecule has 0 radical (unpaired) electrons. The number of hydrogen-bond acceptors (Lipinski definition) is 3. The molecule has 3 heteroatoms. The number of ether oxygens (including phenoxy) is 1. The highest BCUT2D eigenvalue weighted by molar-refractivity contribution is 4.87. The zero-order valence-corrected chi connectivity index (χ0v) is 10.5. The van der Waals surface area contributed by atoms with Crippen LogP contribution in [0, 0.1) is 12.3 Å². The van der Waals surface area contributed by atoms with Gasteiger partial charge in [-0.15, -0.1) is 6.42 Å². The summed E-state index contributed by atoms with van der Waals surface area (Å²) in [6.45, 7) is 9.00. The highest BCUT2D eigenvalue weighted by Gasteiger charge is 2.23. The molecule has 1 heterocycles. The Morgan fingerprint density at radius 2 is 2.44 bits per heavy atom. The molecular weight excluding hydrogens is 200 g/mol. The van der Waals surface area contributed by atoms with Gasteiger partial charge in [0.2, 0.25) is 0 Å². The van der Waals surface area contributed by atoms with E-state index in [0.29, 0.717) is 18.7 Å². The summed E-state index contributed by atoms with van der Waals surface area (Å²) in [5.74, 6) is 2.60. The van der Waals surface area contributed by atoms with Gasteiger partial charge < -0.3 is 10.1 Å². The third kappa shape index (κ3) is 4.52. The summed E-state index contributed by atoms with van der Waals surface area (Å²) in [5.41, 5.74) is 0. The lowest BCUT2D eigenvalue weighted by Crippen LogP contribution is -2.48. The summed E-state index contributed by atoms with van der Waals surface area (Å²) in [7, 11) is 0. The Hall–Kier alpha value is -0.560. The molecule has 1 N–H and O–H groups in total. The number of nitrogens with zero attached hydrogens (tertiary/aromatic N) is 1. The van der Waals surface area contributed by atoms with Crippen molar-refractivity contribution in [3.8, 4) is 12.3 Å². The van der Waals surface area contributed by atoms with Crippen LogP contribution in [0.1, 0.15) is 26.7 Å². The van der Waals surface area contributed by atoms with Gasteiger partial charge >= 0.3 is 0 Å². The average molecular weight is 224 g/mol. The zero-order chi connectivity index (χ0) is 11.8. The Kier molecular flexibility index (Phi) is 6.47. The van der Waals surface area contributed by atoms with E-state index in [0.717, 1.165) is 19.7 Å². The molecule has 2 atom stereocenters. The Labute approximate surface area is 99.5 Å². The van der Waals surface area contributed by atoms with E-state index in [-0.39, 0.29) is 0 Å². The molecule has 0 bridgehead atoms. The molecule has 0 amide bonds. The van der Waals surface area contributed by atoms with E-state index in [1.54, 1.807) is 0 Å². The molecule has 16 heavy (non-hydrogen) atoms. The molecular formula is C13H24N2O. The molecule has 0 aromatic carbocycles. The van der Waals surface area contributed by atoms with E-state index in [1.807, 2.05) is 0 Å². The molecule has 1 saturated heterocycles. The fourth-order valence-electron chi connectivity index (χ4n) is 2.22. The van der Waals surface area contributed by atoms with Gasteiger partial charge in [0.15, 0.2) is 0 Å². The van der Waals surface area contributed by atoms with Crippen LogP contribution in [0.15, 0.2) is 0 Å². The first-order chi connectivity index (χ1) is 7.77. The normalized spacial score (nSPS) is 23.9. The van der Waals surface area contributed by atoms with Gasteiger partial charge in [-0.2, -0.15) is 0 Å². The van der Waals surface area contributed by atoms with Crippen LogP contribution in [0.4, 0.5) is 0 Å². The lowest BCUT2D eigenvalue weighted by atomic mass is 10.1. The van der Waals surface area contributed by atoms with Crippen molar-refractivity contribution in [3.05, 3.63) is 0 Å². The second-order valence-electron chi connectivity index (χ2n) is 4.40. The maximum Gasteiger partial charge on any atom is 0.0702 e. The third-order valence-corrected chi connectivity index (χ3v) is 3.10. The van der Waals surface area contributed by atoms with Crippen LogP contribution in [0.3, 0.4) is 0 Å². The zero-order valence-electron chi connectivity index (χ0n) is 10.5. The molecule has 0 spiro atoms. The predicted molar refractivity (Wildman–Crippen MR) is 67.4 cm³/mol. The highest BCUT2D eigenvalue weighted by Crippen LogP contribution is 2.15. The van der Waals surface area contributed by atoms with Gasteiger partial charge in [0.05, 0.1) is 12.6 Å². The van der Waals surface area contributed by atoms with E-state index in [1.165, 1.54) is 19.4 Å². The first kappa shape index (κ1) is 13.5. The van der Waals surface area contributed by atoms with Gasteiger partial charge in [-0.3, -0.25) is 4.90 Å². The molecule has 1 rings (SSSR count). The summed E-state index contributed by atoms with van der Waals surface area (Å²) < 4.78 is 5.69. The molecule has 0 aromatic rings. The fraction of sp³-hybridized carbons (Fsp3) is 0.846. The molecule has 92 valence electrons. The van der Waals surface area contributed by atoms with Crippen LogP contribution in [-0.4, -0.2) is 49.8 Å². The number of rotatable bonds is 6. The third-order valence-electron chi connectivity index (χ3n) is 3.10. The maximum atomic E-state index is 5.69. The molecule has 1 aliphatic heterocycles. The number of piperidine rings is 1. The van der Waals surface area contributed by atoms with Gasteiger partial charge in [-0.1, -0.05) is 5.92 Å². The van der Waals surface area contributed by atoms with Gasteiger partial charge in [0.1, 0.15) is 0 Å². The molecule has 0 aromatic heterocycles. The summed E-state index contributed by atoms with van der Waals surface area (Å²) in [5, 5.41) is 3.26. The molecule has 0 saturated carbocycles. The van der Waals surface area contributed by atoms with Crippen LogP contribution in [-0.2, 0) is 4.74 Å². The SMILES string of the molecule is C#CCNCC(C)N1CCCC(OCC)C1. The van der Waals surface area contributed by atoms with Gasteiger partial charge in [0.25, 0.3) is 0 Å². The molecule has 2 unspecified atom stereocenters. The van der Waals surface area contributed by atoms with Crippen LogP contribution in [0.2, 0.25) is 0 Å². The quantitative estimate of drug-likeness (QED) is 0.540. The van der Waals surface area contributed by atoms with Gasteiger partial charge in [0, 0.05) is 25.7 Å². The second kappa shape index (κ2) is 7.67. The van der Waals surface area contributed by atoms with E-state index in [9.17, 15) is 0 Å². The van der Waals surface area contributed by atoms with Crippen molar-refractivity contribution in [2.75, 3.05) is 32.8 Å². The average Bonchev–Trinajstić information content (AvgIpc) is 2.30.